The molecule has 1 heterocycles. The molecule has 1 saturated carbocycles. The van der Waals surface area contributed by atoms with Gasteiger partial charge in [0, 0.05) is 5.56 Å². The van der Waals surface area contributed by atoms with Crippen LogP contribution >= 0.6 is 0 Å². The molecule has 0 bridgehead atoms. The minimum absolute atomic E-state index is 0.186. The van der Waals surface area contributed by atoms with Crippen LogP contribution in [0.2, 0.25) is 0 Å². The highest BCUT2D eigenvalue weighted by Gasteiger charge is 2.16. The van der Waals surface area contributed by atoms with Gasteiger partial charge in [0.05, 0.1) is 24.2 Å². The number of hydrazine groups is 1. The molecule has 0 aliphatic heterocycles. The Hall–Kier alpha value is -2.47. The van der Waals surface area contributed by atoms with Gasteiger partial charge in [-0.1, -0.05) is 0 Å². The van der Waals surface area contributed by atoms with Crippen LogP contribution in [0.4, 0.5) is 0 Å². The first-order valence-corrected chi connectivity index (χ1v) is 7.36. The molecule has 22 heavy (non-hydrogen) atoms. The Morgan fingerprint density at radius 3 is 2.59 bits per heavy atom. The lowest BCUT2D eigenvalue weighted by molar-refractivity contribution is 0.0948. The molecule has 0 saturated heterocycles. The van der Waals surface area contributed by atoms with E-state index in [-0.39, 0.29) is 5.69 Å². The van der Waals surface area contributed by atoms with Gasteiger partial charge in [-0.05, 0) is 49.9 Å². The van der Waals surface area contributed by atoms with Crippen LogP contribution in [-0.2, 0) is 0 Å². The Morgan fingerprint density at radius 1 is 1.18 bits per heavy atom. The summed E-state index contributed by atoms with van der Waals surface area (Å²) in [6.45, 7) is 0. The average Bonchev–Trinajstić information content (AvgIpc) is 3.08. The number of aromatic nitrogens is 2. The Morgan fingerprint density at radius 2 is 1.91 bits per heavy atom. The fraction of sp³-hybridized carbons (Fsp3) is 0.312. The lowest BCUT2D eigenvalue weighted by Gasteiger charge is -2.13. The van der Waals surface area contributed by atoms with Gasteiger partial charge in [0.2, 0.25) is 0 Å². The van der Waals surface area contributed by atoms with Crippen LogP contribution in [-0.4, -0.2) is 22.0 Å². The number of ether oxygens (including phenoxy) is 1. The minimum atomic E-state index is -0.462. The summed E-state index contributed by atoms with van der Waals surface area (Å²) < 4.78 is 5.93. The van der Waals surface area contributed by atoms with Gasteiger partial charge in [-0.15, -0.1) is 0 Å². The van der Waals surface area contributed by atoms with Gasteiger partial charge in [0.25, 0.3) is 5.91 Å². The summed E-state index contributed by atoms with van der Waals surface area (Å²) in [6.07, 6.45) is 8.07. The molecule has 0 spiro atoms. The number of hydrogen-bond donors (Lipinski definition) is 2. The molecule has 0 unspecified atom stereocenters. The third-order valence-corrected chi connectivity index (χ3v) is 3.75. The standard InChI is InChI=1S/C16H18N4O2/c17-20-16(21)15-10-18-9-14(19-15)11-5-7-13(8-6-11)22-12-3-1-2-4-12/h5-10,12H,1-4,17H2,(H,20,21). The second-order valence-corrected chi connectivity index (χ2v) is 5.31. The van der Waals surface area contributed by atoms with E-state index < -0.39 is 5.91 Å². The summed E-state index contributed by atoms with van der Waals surface area (Å²) >= 11 is 0. The fourth-order valence-corrected chi connectivity index (χ4v) is 2.59. The smallest absolute Gasteiger partial charge is 0.285 e. The second-order valence-electron chi connectivity index (χ2n) is 5.31. The molecule has 1 fully saturated rings. The first-order valence-electron chi connectivity index (χ1n) is 7.36. The van der Waals surface area contributed by atoms with E-state index in [0.29, 0.717) is 11.8 Å². The summed E-state index contributed by atoms with van der Waals surface area (Å²) in [5.41, 5.74) is 3.73. The quantitative estimate of drug-likeness (QED) is 0.512. The van der Waals surface area contributed by atoms with Gasteiger partial charge >= 0.3 is 0 Å². The van der Waals surface area contributed by atoms with E-state index >= 15 is 0 Å². The van der Waals surface area contributed by atoms with Crippen molar-refractivity contribution in [2.45, 2.75) is 31.8 Å². The van der Waals surface area contributed by atoms with E-state index in [9.17, 15) is 4.79 Å². The van der Waals surface area contributed by atoms with Crippen molar-refractivity contribution in [1.82, 2.24) is 15.4 Å². The molecular weight excluding hydrogens is 280 g/mol. The Balaban J connectivity index is 1.76. The number of nitrogens with one attached hydrogen (secondary N) is 1. The fourth-order valence-electron chi connectivity index (χ4n) is 2.59. The van der Waals surface area contributed by atoms with Crippen molar-refractivity contribution in [2.24, 2.45) is 5.84 Å². The Kier molecular flexibility index (Phi) is 4.29. The predicted octanol–water partition coefficient (Wildman–Crippen LogP) is 2.07. The van der Waals surface area contributed by atoms with Crippen molar-refractivity contribution in [3.8, 4) is 17.0 Å². The van der Waals surface area contributed by atoms with Gasteiger partial charge < -0.3 is 4.74 Å². The van der Waals surface area contributed by atoms with Gasteiger partial charge in [0.1, 0.15) is 11.4 Å². The normalized spacial score (nSPS) is 14.8. The maximum atomic E-state index is 11.5. The van der Waals surface area contributed by atoms with Crippen LogP contribution < -0.4 is 16.0 Å². The first-order chi connectivity index (χ1) is 10.8. The van der Waals surface area contributed by atoms with Crippen molar-refractivity contribution in [3.63, 3.8) is 0 Å². The van der Waals surface area contributed by atoms with Crippen LogP contribution in [0.1, 0.15) is 36.2 Å². The number of carbonyl (C=O) groups is 1. The number of nitrogen functional groups attached to an aromatic ring is 1. The summed E-state index contributed by atoms with van der Waals surface area (Å²) in [4.78, 5) is 19.8. The SMILES string of the molecule is NNC(=O)c1cncc(-c2ccc(OC3CCCC3)cc2)n1. The largest absolute Gasteiger partial charge is 0.490 e. The molecule has 1 aromatic heterocycles. The number of rotatable bonds is 4. The zero-order chi connectivity index (χ0) is 15.4. The highest BCUT2D eigenvalue weighted by Crippen LogP contribution is 2.26. The van der Waals surface area contributed by atoms with Gasteiger partial charge in [0.15, 0.2) is 0 Å². The van der Waals surface area contributed by atoms with Crippen LogP contribution in [0.5, 0.6) is 5.75 Å². The van der Waals surface area contributed by atoms with Crippen molar-refractivity contribution in [1.29, 1.82) is 0 Å². The van der Waals surface area contributed by atoms with Crippen molar-refractivity contribution < 1.29 is 9.53 Å². The molecule has 3 rings (SSSR count). The summed E-state index contributed by atoms with van der Waals surface area (Å²) in [6, 6.07) is 7.67. The van der Waals surface area contributed by atoms with E-state index in [1.165, 1.54) is 19.0 Å². The van der Waals surface area contributed by atoms with E-state index in [2.05, 4.69) is 9.97 Å². The molecule has 114 valence electrons. The highest BCUT2D eigenvalue weighted by molar-refractivity contribution is 5.91. The van der Waals surface area contributed by atoms with Gasteiger partial charge in [-0.3, -0.25) is 15.2 Å². The molecule has 1 aromatic carbocycles. The highest BCUT2D eigenvalue weighted by atomic mass is 16.5. The van der Waals surface area contributed by atoms with Crippen molar-refractivity contribution >= 4 is 5.91 Å². The molecule has 6 nitrogen and oxygen atoms in total. The number of hydrogen-bond acceptors (Lipinski definition) is 5. The number of nitrogens with zero attached hydrogens (tertiary/aromatic N) is 2. The monoisotopic (exact) mass is 298 g/mol. The molecule has 0 atom stereocenters. The van der Waals surface area contributed by atoms with Crippen molar-refractivity contribution in [3.05, 3.63) is 42.4 Å². The third kappa shape index (κ3) is 3.23. The molecule has 2 aromatic rings. The summed E-state index contributed by atoms with van der Waals surface area (Å²) in [5.74, 6) is 5.50. The minimum Gasteiger partial charge on any atom is -0.490 e. The molecule has 6 heteroatoms. The maximum absolute atomic E-state index is 11.5. The zero-order valence-corrected chi connectivity index (χ0v) is 12.2. The van der Waals surface area contributed by atoms with E-state index in [1.807, 2.05) is 29.7 Å². The lowest BCUT2D eigenvalue weighted by Crippen LogP contribution is -2.30. The third-order valence-electron chi connectivity index (χ3n) is 3.75. The number of carbonyl (C=O) groups excluding carboxylic acids is 1. The van der Waals surface area contributed by atoms with Crippen LogP contribution in [0.3, 0.4) is 0 Å². The maximum Gasteiger partial charge on any atom is 0.285 e. The number of benzene rings is 1. The van der Waals surface area contributed by atoms with Crippen molar-refractivity contribution in [2.75, 3.05) is 0 Å². The van der Waals surface area contributed by atoms with Crippen LogP contribution in [0, 0.1) is 0 Å². The van der Waals surface area contributed by atoms with E-state index in [1.54, 1.807) is 6.20 Å². The molecular formula is C16H18N4O2. The van der Waals surface area contributed by atoms with E-state index in [0.717, 1.165) is 24.2 Å². The second kappa shape index (κ2) is 6.53. The number of nitrogens with two attached hydrogens (primary N) is 1. The predicted molar refractivity (Wildman–Crippen MR) is 82.0 cm³/mol. The number of amides is 1. The molecule has 1 aliphatic rings. The average molecular weight is 298 g/mol. The lowest BCUT2D eigenvalue weighted by atomic mass is 10.1. The van der Waals surface area contributed by atoms with Crippen LogP contribution in [0.15, 0.2) is 36.7 Å². The molecule has 1 aliphatic carbocycles. The summed E-state index contributed by atoms with van der Waals surface area (Å²) in [7, 11) is 0. The van der Waals surface area contributed by atoms with Crippen LogP contribution in [0.25, 0.3) is 11.3 Å². The zero-order valence-electron chi connectivity index (χ0n) is 12.2. The Labute approximate surface area is 128 Å². The molecule has 1 amide bonds. The summed E-state index contributed by atoms with van der Waals surface area (Å²) in [5, 5.41) is 0. The van der Waals surface area contributed by atoms with Gasteiger partial charge in [-0.25, -0.2) is 10.8 Å². The molecule has 3 N–H and O–H groups in total. The van der Waals surface area contributed by atoms with Gasteiger partial charge in [-0.2, -0.15) is 0 Å². The topological polar surface area (TPSA) is 90.1 Å². The van der Waals surface area contributed by atoms with E-state index in [4.69, 9.17) is 10.6 Å². The molecule has 0 radical (unpaired) electrons. The first kappa shape index (κ1) is 14.5. The Bertz CT molecular complexity index is 651.